The SMILES string of the molecule is C=C(/C=C\C(=C/C)[N+](=O)[O-])OC(=O)Nc1ccc(N2CCOCC2)cc1. The Hall–Kier alpha value is -3.13. The molecule has 0 aliphatic carbocycles. The molecule has 1 aliphatic heterocycles. The average molecular weight is 359 g/mol. The highest BCUT2D eigenvalue weighted by molar-refractivity contribution is 5.85. The molecule has 1 amide bonds. The maximum atomic E-state index is 11.9. The van der Waals surface area contributed by atoms with Gasteiger partial charge >= 0.3 is 6.09 Å². The summed E-state index contributed by atoms with van der Waals surface area (Å²) in [4.78, 5) is 24.2. The molecule has 0 unspecified atom stereocenters. The summed E-state index contributed by atoms with van der Waals surface area (Å²) < 4.78 is 10.3. The topological polar surface area (TPSA) is 93.9 Å². The van der Waals surface area contributed by atoms with Crippen LogP contribution >= 0.6 is 0 Å². The molecule has 1 saturated heterocycles. The number of hydrogen-bond acceptors (Lipinski definition) is 6. The summed E-state index contributed by atoms with van der Waals surface area (Å²) >= 11 is 0. The molecule has 0 radical (unpaired) electrons. The molecule has 0 saturated carbocycles. The summed E-state index contributed by atoms with van der Waals surface area (Å²) in [5, 5.41) is 13.3. The molecule has 0 spiro atoms. The van der Waals surface area contributed by atoms with Crippen molar-refractivity contribution in [1.82, 2.24) is 0 Å². The number of ether oxygens (including phenoxy) is 2. The van der Waals surface area contributed by atoms with Crippen LogP contribution in [0.25, 0.3) is 0 Å². The predicted octanol–water partition coefficient (Wildman–Crippen LogP) is 3.32. The van der Waals surface area contributed by atoms with Gasteiger partial charge in [0.25, 0.3) is 5.70 Å². The van der Waals surface area contributed by atoms with E-state index in [-0.39, 0.29) is 11.5 Å². The summed E-state index contributed by atoms with van der Waals surface area (Å²) in [5.74, 6) is -0.00589. The van der Waals surface area contributed by atoms with Crippen LogP contribution in [0.1, 0.15) is 6.92 Å². The zero-order valence-corrected chi connectivity index (χ0v) is 14.5. The third-order valence-electron chi connectivity index (χ3n) is 3.66. The number of benzene rings is 1. The number of morpholine rings is 1. The first-order valence-electron chi connectivity index (χ1n) is 8.09. The summed E-state index contributed by atoms with van der Waals surface area (Å²) in [7, 11) is 0. The van der Waals surface area contributed by atoms with Crippen LogP contribution in [0.3, 0.4) is 0 Å². The molecule has 1 aromatic carbocycles. The zero-order valence-electron chi connectivity index (χ0n) is 14.5. The molecule has 0 aromatic heterocycles. The number of allylic oxidation sites excluding steroid dienone is 3. The largest absolute Gasteiger partial charge is 0.417 e. The Kier molecular flexibility index (Phi) is 6.92. The van der Waals surface area contributed by atoms with Gasteiger partial charge in [0.2, 0.25) is 0 Å². The van der Waals surface area contributed by atoms with Crippen molar-refractivity contribution in [3.8, 4) is 0 Å². The van der Waals surface area contributed by atoms with Crippen LogP contribution < -0.4 is 10.2 Å². The van der Waals surface area contributed by atoms with Crippen molar-refractivity contribution in [3.63, 3.8) is 0 Å². The van der Waals surface area contributed by atoms with Gasteiger partial charge in [-0.05, 0) is 43.3 Å². The molecular weight excluding hydrogens is 338 g/mol. The van der Waals surface area contributed by atoms with Crippen molar-refractivity contribution in [2.45, 2.75) is 6.92 Å². The van der Waals surface area contributed by atoms with Gasteiger partial charge in [-0.15, -0.1) is 0 Å². The van der Waals surface area contributed by atoms with Crippen molar-refractivity contribution in [2.75, 3.05) is 36.5 Å². The van der Waals surface area contributed by atoms with Gasteiger partial charge < -0.3 is 14.4 Å². The van der Waals surface area contributed by atoms with Crippen LogP contribution in [-0.4, -0.2) is 37.3 Å². The van der Waals surface area contributed by atoms with Gasteiger partial charge in [0.15, 0.2) is 0 Å². The number of amides is 1. The van der Waals surface area contributed by atoms with Gasteiger partial charge in [0, 0.05) is 30.5 Å². The summed E-state index contributed by atoms with van der Waals surface area (Å²) in [6, 6.07) is 7.36. The Morgan fingerprint density at radius 1 is 1.31 bits per heavy atom. The zero-order chi connectivity index (χ0) is 18.9. The number of hydrogen-bond donors (Lipinski definition) is 1. The molecule has 1 N–H and O–H groups in total. The van der Waals surface area contributed by atoms with E-state index in [0.717, 1.165) is 18.8 Å². The van der Waals surface area contributed by atoms with Gasteiger partial charge in [0.1, 0.15) is 5.76 Å². The molecule has 0 bridgehead atoms. The van der Waals surface area contributed by atoms with Crippen LogP contribution in [-0.2, 0) is 9.47 Å². The van der Waals surface area contributed by atoms with E-state index in [1.165, 1.54) is 18.2 Å². The van der Waals surface area contributed by atoms with Crippen LogP contribution in [0.5, 0.6) is 0 Å². The number of nitrogens with one attached hydrogen (secondary N) is 1. The van der Waals surface area contributed by atoms with E-state index < -0.39 is 11.0 Å². The van der Waals surface area contributed by atoms with Crippen molar-refractivity contribution in [3.05, 3.63) is 70.6 Å². The lowest BCUT2D eigenvalue weighted by atomic mass is 10.2. The van der Waals surface area contributed by atoms with Gasteiger partial charge in [-0.25, -0.2) is 4.79 Å². The first-order valence-corrected chi connectivity index (χ1v) is 8.09. The van der Waals surface area contributed by atoms with Crippen molar-refractivity contribution >= 4 is 17.5 Å². The molecule has 138 valence electrons. The van der Waals surface area contributed by atoms with Crippen molar-refractivity contribution < 1.29 is 19.2 Å². The molecule has 26 heavy (non-hydrogen) atoms. The van der Waals surface area contributed by atoms with Crippen LogP contribution in [0, 0.1) is 10.1 Å². The fraction of sp³-hybridized carbons (Fsp3) is 0.278. The van der Waals surface area contributed by atoms with E-state index in [1.54, 1.807) is 19.1 Å². The summed E-state index contributed by atoms with van der Waals surface area (Å²) in [6.45, 7) is 8.15. The van der Waals surface area contributed by atoms with E-state index >= 15 is 0 Å². The molecule has 1 fully saturated rings. The first kappa shape index (κ1) is 19.2. The van der Waals surface area contributed by atoms with E-state index in [0.29, 0.717) is 18.9 Å². The predicted molar refractivity (Wildman–Crippen MR) is 98.6 cm³/mol. The summed E-state index contributed by atoms with van der Waals surface area (Å²) in [5.41, 5.74) is 1.51. The fourth-order valence-corrected chi connectivity index (χ4v) is 2.31. The Morgan fingerprint density at radius 3 is 2.54 bits per heavy atom. The maximum Gasteiger partial charge on any atom is 0.417 e. The second-order valence-electron chi connectivity index (χ2n) is 5.43. The molecule has 0 atom stereocenters. The Bertz CT molecular complexity index is 719. The summed E-state index contributed by atoms with van der Waals surface area (Å²) in [6.07, 6.45) is 3.09. The van der Waals surface area contributed by atoms with Gasteiger partial charge in [-0.3, -0.25) is 15.4 Å². The van der Waals surface area contributed by atoms with Gasteiger partial charge in [0.05, 0.1) is 18.1 Å². The normalized spacial score (nSPS) is 15.0. The molecule has 8 heteroatoms. The molecule has 1 heterocycles. The van der Waals surface area contributed by atoms with Crippen LogP contribution in [0.2, 0.25) is 0 Å². The minimum atomic E-state index is -0.720. The average Bonchev–Trinajstić information content (AvgIpc) is 2.63. The Balaban J connectivity index is 1.86. The highest BCUT2D eigenvalue weighted by Gasteiger charge is 2.11. The molecule has 1 aliphatic rings. The second-order valence-corrected chi connectivity index (χ2v) is 5.43. The standard InChI is InChI=1S/C18H21N3O5/c1-3-16(21(23)24)7-4-14(2)26-18(22)19-15-5-8-17(9-6-15)20-10-12-25-13-11-20/h3-9H,2,10-13H2,1H3,(H,19,22)/b7-4-,16-3+. The van der Waals surface area contributed by atoms with Crippen LogP contribution in [0.4, 0.5) is 16.2 Å². The minimum absolute atomic E-state index is 0.00589. The van der Waals surface area contributed by atoms with Crippen molar-refractivity contribution in [2.24, 2.45) is 0 Å². The third-order valence-corrected chi connectivity index (χ3v) is 3.66. The number of carbonyl (C=O) groups is 1. The fourth-order valence-electron chi connectivity index (χ4n) is 2.31. The monoisotopic (exact) mass is 359 g/mol. The lowest BCUT2D eigenvalue weighted by Gasteiger charge is -2.28. The molecule has 1 aromatic rings. The number of rotatable bonds is 6. The van der Waals surface area contributed by atoms with Gasteiger partial charge in [-0.1, -0.05) is 6.58 Å². The molecule has 2 rings (SSSR count). The smallest absolute Gasteiger partial charge is 0.411 e. The minimum Gasteiger partial charge on any atom is -0.411 e. The molecule has 8 nitrogen and oxygen atoms in total. The highest BCUT2D eigenvalue weighted by Crippen LogP contribution is 2.19. The first-order chi connectivity index (χ1) is 12.5. The third kappa shape index (κ3) is 5.75. The number of carbonyl (C=O) groups excluding carboxylic acids is 1. The quantitative estimate of drug-likeness (QED) is 0.362. The Morgan fingerprint density at radius 2 is 1.96 bits per heavy atom. The van der Waals surface area contributed by atoms with Gasteiger partial charge in [-0.2, -0.15) is 0 Å². The second kappa shape index (κ2) is 9.38. The lowest BCUT2D eigenvalue weighted by molar-refractivity contribution is -0.419. The van der Waals surface area contributed by atoms with E-state index in [4.69, 9.17) is 9.47 Å². The maximum absolute atomic E-state index is 11.9. The van der Waals surface area contributed by atoms with E-state index in [9.17, 15) is 14.9 Å². The number of nitrogens with zero attached hydrogens (tertiary/aromatic N) is 2. The number of anilines is 2. The van der Waals surface area contributed by atoms with E-state index in [2.05, 4.69) is 16.8 Å². The molecular formula is C18H21N3O5. The number of nitro groups is 1. The van der Waals surface area contributed by atoms with Crippen LogP contribution in [0.15, 0.2) is 60.5 Å². The van der Waals surface area contributed by atoms with Crippen molar-refractivity contribution in [1.29, 1.82) is 0 Å². The highest BCUT2D eigenvalue weighted by atomic mass is 16.6. The Labute approximate surface area is 151 Å². The van der Waals surface area contributed by atoms with E-state index in [1.807, 2.05) is 12.1 Å². The lowest BCUT2D eigenvalue weighted by Crippen LogP contribution is -2.36.